The maximum absolute atomic E-state index is 12.3. The van der Waals surface area contributed by atoms with E-state index in [1.807, 2.05) is 36.4 Å². The van der Waals surface area contributed by atoms with Crippen molar-refractivity contribution in [2.24, 2.45) is 5.73 Å². The lowest BCUT2D eigenvalue weighted by atomic mass is 10.0. The van der Waals surface area contributed by atoms with Crippen LogP contribution in [0.5, 0.6) is 5.75 Å². The van der Waals surface area contributed by atoms with E-state index in [9.17, 15) is 4.79 Å². The van der Waals surface area contributed by atoms with Crippen LogP contribution in [0, 0.1) is 0 Å². The van der Waals surface area contributed by atoms with Crippen LogP contribution in [-0.2, 0) is 16.1 Å². The molecule has 3 rings (SSSR count). The summed E-state index contributed by atoms with van der Waals surface area (Å²) in [4.78, 5) is 12.3. The van der Waals surface area contributed by atoms with Crippen LogP contribution in [0.3, 0.4) is 0 Å². The molecule has 2 aromatic rings. The van der Waals surface area contributed by atoms with Crippen molar-refractivity contribution in [1.29, 1.82) is 0 Å². The zero-order valence-electron chi connectivity index (χ0n) is 13.2. The van der Waals surface area contributed by atoms with Gasteiger partial charge in [0, 0.05) is 18.7 Å². The first-order valence-corrected chi connectivity index (χ1v) is 7.90. The first-order valence-electron chi connectivity index (χ1n) is 7.90. The Morgan fingerprint density at radius 1 is 1.30 bits per heavy atom. The molecular weight excluding hydrogens is 292 g/mol. The number of carbonyl (C=O) groups is 1. The number of amides is 1. The van der Waals surface area contributed by atoms with Gasteiger partial charge in [-0.2, -0.15) is 0 Å². The number of nitrogens with two attached hydrogens (primary N) is 1. The van der Waals surface area contributed by atoms with Gasteiger partial charge in [-0.15, -0.1) is 0 Å². The van der Waals surface area contributed by atoms with Gasteiger partial charge in [0.1, 0.15) is 11.9 Å². The molecule has 0 aromatic heterocycles. The second kappa shape index (κ2) is 6.98. The minimum Gasteiger partial charge on any atom is -0.496 e. The predicted molar refractivity (Wildman–Crippen MR) is 89.3 cm³/mol. The summed E-state index contributed by atoms with van der Waals surface area (Å²) in [5, 5.41) is 5.17. The molecule has 5 nitrogen and oxygen atoms in total. The normalized spacial score (nSPS) is 20.6. The Labute approximate surface area is 135 Å². The van der Waals surface area contributed by atoms with Gasteiger partial charge in [0.25, 0.3) is 0 Å². The van der Waals surface area contributed by atoms with E-state index in [0.29, 0.717) is 13.1 Å². The molecule has 0 aliphatic carbocycles. The number of benzene rings is 2. The van der Waals surface area contributed by atoms with Crippen molar-refractivity contribution < 1.29 is 14.3 Å². The number of fused-ring (bicyclic) bond motifs is 1. The van der Waals surface area contributed by atoms with Crippen LogP contribution in [0.2, 0.25) is 0 Å². The van der Waals surface area contributed by atoms with Crippen LogP contribution in [0.25, 0.3) is 10.8 Å². The van der Waals surface area contributed by atoms with Gasteiger partial charge in [0.15, 0.2) is 0 Å². The molecule has 3 N–H and O–H groups in total. The van der Waals surface area contributed by atoms with Crippen LogP contribution in [0.1, 0.15) is 18.4 Å². The topological polar surface area (TPSA) is 73.6 Å². The molecule has 2 atom stereocenters. The third kappa shape index (κ3) is 3.30. The van der Waals surface area contributed by atoms with E-state index in [4.69, 9.17) is 15.2 Å². The molecule has 122 valence electrons. The maximum atomic E-state index is 12.3. The summed E-state index contributed by atoms with van der Waals surface area (Å²) in [6, 6.07) is 12.0. The van der Waals surface area contributed by atoms with Crippen molar-refractivity contribution in [2.45, 2.75) is 31.6 Å². The molecule has 0 saturated carbocycles. The summed E-state index contributed by atoms with van der Waals surface area (Å²) in [5.41, 5.74) is 6.57. The molecule has 0 unspecified atom stereocenters. The SMILES string of the molecule is COc1ccc2ccccc2c1CNC(=O)[C@@H]1CC[C@H](CN)O1. The predicted octanol–water partition coefficient (Wildman–Crippen LogP) is 1.97. The fourth-order valence-electron chi connectivity index (χ4n) is 3.05. The number of ether oxygens (including phenoxy) is 2. The molecule has 1 amide bonds. The fraction of sp³-hybridized carbons (Fsp3) is 0.389. The second-order valence-corrected chi connectivity index (χ2v) is 5.75. The summed E-state index contributed by atoms with van der Waals surface area (Å²) in [7, 11) is 1.64. The van der Waals surface area contributed by atoms with Crippen molar-refractivity contribution in [3.63, 3.8) is 0 Å². The second-order valence-electron chi connectivity index (χ2n) is 5.75. The van der Waals surface area contributed by atoms with Gasteiger partial charge in [-0.05, 0) is 29.7 Å². The molecule has 1 fully saturated rings. The minimum atomic E-state index is -0.399. The van der Waals surface area contributed by atoms with Crippen molar-refractivity contribution in [2.75, 3.05) is 13.7 Å². The molecule has 2 aromatic carbocycles. The van der Waals surface area contributed by atoms with E-state index in [1.165, 1.54) is 0 Å². The smallest absolute Gasteiger partial charge is 0.249 e. The number of carbonyl (C=O) groups excluding carboxylic acids is 1. The number of hydrogen-bond donors (Lipinski definition) is 2. The lowest BCUT2D eigenvalue weighted by Crippen LogP contribution is -2.35. The standard InChI is InChI=1S/C18H22N2O3/c1-22-16-8-6-12-4-2-3-5-14(12)15(16)11-20-18(21)17-9-7-13(10-19)23-17/h2-6,8,13,17H,7,9-11,19H2,1H3,(H,20,21)/t13-,17+/m1/s1. The molecule has 1 saturated heterocycles. The van der Waals surface area contributed by atoms with E-state index in [0.717, 1.165) is 34.9 Å². The Hall–Kier alpha value is -2.11. The van der Waals surface area contributed by atoms with Crippen LogP contribution >= 0.6 is 0 Å². The number of hydrogen-bond acceptors (Lipinski definition) is 4. The average molecular weight is 314 g/mol. The lowest BCUT2D eigenvalue weighted by Gasteiger charge is -2.15. The number of methoxy groups -OCH3 is 1. The molecule has 0 radical (unpaired) electrons. The highest BCUT2D eigenvalue weighted by Crippen LogP contribution is 2.28. The molecule has 0 spiro atoms. The molecule has 1 aliphatic heterocycles. The van der Waals surface area contributed by atoms with Gasteiger partial charge >= 0.3 is 0 Å². The highest BCUT2D eigenvalue weighted by molar-refractivity contribution is 5.88. The Morgan fingerprint density at radius 2 is 2.13 bits per heavy atom. The molecule has 5 heteroatoms. The summed E-state index contributed by atoms with van der Waals surface area (Å²) < 4.78 is 11.1. The van der Waals surface area contributed by atoms with Crippen LogP contribution in [0.15, 0.2) is 36.4 Å². The zero-order chi connectivity index (χ0) is 16.2. The average Bonchev–Trinajstić information content (AvgIpc) is 3.08. The summed E-state index contributed by atoms with van der Waals surface area (Å²) in [6.07, 6.45) is 1.16. The quantitative estimate of drug-likeness (QED) is 0.885. The van der Waals surface area contributed by atoms with Gasteiger partial charge in [-0.1, -0.05) is 30.3 Å². The molecule has 23 heavy (non-hydrogen) atoms. The van der Waals surface area contributed by atoms with Crippen molar-refractivity contribution in [1.82, 2.24) is 5.32 Å². The van der Waals surface area contributed by atoms with Gasteiger partial charge in [-0.3, -0.25) is 4.79 Å². The number of rotatable bonds is 5. The van der Waals surface area contributed by atoms with Crippen LogP contribution < -0.4 is 15.8 Å². The van der Waals surface area contributed by atoms with E-state index >= 15 is 0 Å². The van der Waals surface area contributed by atoms with E-state index < -0.39 is 6.10 Å². The lowest BCUT2D eigenvalue weighted by molar-refractivity contribution is -0.132. The maximum Gasteiger partial charge on any atom is 0.249 e. The van der Waals surface area contributed by atoms with Crippen molar-refractivity contribution in [3.05, 3.63) is 42.0 Å². The van der Waals surface area contributed by atoms with Crippen LogP contribution in [-0.4, -0.2) is 31.8 Å². The highest BCUT2D eigenvalue weighted by Gasteiger charge is 2.29. The van der Waals surface area contributed by atoms with Gasteiger partial charge < -0.3 is 20.5 Å². The van der Waals surface area contributed by atoms with E-state index in [2.05, 4.69) is 5.32 Å². The van der Waals surface area contributed by atoms with Gasteiger partial charge in [0.05, 0.1) is 13.2 Å². The first kappa shape index (κ1) is 15.8. The minimum absolute atomic E-state index is 0.00200. The van der Waals surface area contributed by atoms with Crippen molar-refractivity contribution in [3.8, 4) is 5.75 Å². The van der Waals surface area contributed by atoms with E-state index in [-0.39, 0.29) is 12.0 Å². The Kier molecular flexibility index (Phi) is 4.79. The Balaban J connectivity index is 1.75. The third-order valence-electron chi connectivity index (χ3n) is 4.32. The monoisotopic (exact) mass is 314 g/mol. The molecule has 0 bridgehead atoms. The van der Waals surface area contributed by atoms with E-state index in [1.54, 1.807) is 7.11 Å². The fourth-order valence-corrected chi connectivity index (χ4v) is 3.05. The summed E-state index contributed by atoms with van der Waals surface area (Å²) in [5.74, 6) is 0.687. The van der Waals surface area contributed by atoms with Crippen LogP contribution in [0.4, 0.5) is 0 Å². The Bertz CT molecular complexity index is 702. The van der Waals surface area contributed by atoms with Gasteiger partial charge in [-0.25, -0.2) is 0 Å². The largest absolute Gasteiger partial charge is 0.496 e. The molecule has 1 heterocycles. The summed E-state index contributed by atoms with van der Waals surface area (Å²) >= 11 is 0. The molecular formula is C18H22N2O3. The third-order valence-corrected chi connectivity index (χ3v) is 4.32. The van der Waals surface area contributed by atoms with Crippen molar-refractivity contribution >= 4 is 16.7 Å². The van der Waals surface area contributed by atoms with Gasteiger partial charge in [0.2, 0.25) is 5.91 Å². The first-order chi connectivity index (χ1) is 11.2. The highest BCUT2D eigenvalue weighted by atomic mass is 16.5. The number of nitrogens with one attached hydrogen (secondary N) is 1. The summed E-state index contributed by atoms with van der Waals surface area (Å²) in [6.45, 7) is 0.872. The Morgan fingerprint density at radius 3 is 2.87 bits per heavy atom. The zero-order valence-corrected chi connectivity index (χ0v) is 13.2. The molecule has 1 aliphatic rings.